The first-order valence-electron chi connectivity index (χ1n) is 7.75. The highest BCUT2D eigenvalue weighted by molar-refractivity contribution is 6.00. The normalized spacial score (nSPS) is 30.6. The summed E-state index contributed by atoms with van der Waals surface area (Å²) in [6.45, 7) is 7.72. The Balaban J connectivity index is 2.06. The molecule has 2 amide bonds. The number of hydrogen-bond acceptors (Lipinski definition) is 3. The number of carbonyl (C=O) groups excluding carboxylic acids is 2. The highest BCUT2D eigenvalue weighted by atomic mass is 16.5. The molecule has 0 aromatic carbocycles. The molecule has 1 saturated carbocycles. The molecule has 0 bridgehead atoms. The fourth-order valence-corrected chi connectivity index (χ4v) is 3.06. The molecule has 0 radical (unpaired) electrons. The van der Waals surface area contributed by atoms with Gasteiger partial charge in [0, 0.05) is 19.8 Å². The van der Waals surface area contributed by atoms with Crippen molar-refractivity contribution in [1.82, 2.24) is 10.2 Å². The third-order valence-electron chi connectivity index (χ3n) is 4.44. The van der Waals surface area contributed by atoms with Crippen molar-refractivity contribution in [2.45, 2.75) is 58.0 Å². The van der Waals surface area contributed by atoms with Crippen molar-refractivity contribution in [3.05, 3.63) is 0 Å². The van der Waals surface area contributed by atoms with Crippen LogP contribution in [0.25, 0.3) is 0 Å². The van der Waals surface area contributed by atoms with E-state index in [4.69, 9.17) is 4.74 Å². The van der Waals surface area contributed by atoms with Crippen molar-refractivity contribution >= 4 is 11.8 Å². The molecule has 2 aliphatic rings. The first-order valence-corrected chi connectivity index (χ1v) is 7.75. The van der Waals surface area contributed by atoms with Gasteiger partial charge in [0.2, 0.25) is 11.8 Å². The van der Waals surface area contributed by atoms with Crippen molar-refractivity contribution in [2.75, 3.05) is 19.8 Å². The molecule has 5 nitrogen and oxygen atoms in total. The smallest absolute Gasteiger partial charge is 0.249 e. The van der Waals surface area contributed by atoms with E-state index in [1.165, 1.54) is 0 Å². The van der Waals surface area contributed by atoms with Gasteiger partial charge >= 0.3 is 0 Å². The highest BCUT2D eigenvalue weighted by Crippen LogP contribution is 2.42. The van der Waals surface area contributed by atoms with Crippen molar-refractivity contribution in [3.63, 3.8) is 0 Å². The molecule has 2 rings (SSSR count). The van der Waals surface area contributed by atoms with E-state index in [9.17, 15) is 9.59 Å². The lowest BCUT2D eigenvalue weighted by molar-refractivity contribution is -0.155. The fraction of sp³-hybridized carbons (Fsp3) is 0.867. The van der Waals surface area contributed by atoms with Gasteiger partial charge in [-0.25, -0.2) is 0 Å². The van der Waals surface area contributed by atoms with Crippen molar-refractivity contribution < 1.29 is 14.3 Å². The van der Waals surface area contributed by atoms with Crippen molar-refractivity contribution in [1.29, 1.82) is 0 Å². The van der Waals surface area contributed by atoms with Crippen LogP contribution >= 0.6 is 0 Å². The van der Waals surface area contributed by atoms with Gasteiger partial charge < -0.3 is 15.0 Å². The van der Waals surface area contributed by atoms with Crippen LogP contribution in [-0.4, -0.2) is 48.1 Å². The molecule has 1 heterocycles. The minimum Gasteiger partial charge on any atom is -0.382 e. The zero-order valence-electron chi connectivity index (χ0n) is 12.8. The molecule has 2 fully saturated rings. The van der Waals surface area contributed by atoms with Gasteiger partial charge in [0.1, 0.15) is 11.6 Å². The number of nitrogens with one attached hydrogen (secondary N) is 1. The molecule has 2 atom stereocenters. The lowest BCUT2D eigenvalue weighted by Gasteiger charge is -2.44. The summed E-state index contributed by atoms with van der Waals surface area (Å²) < 4.78 is 5.33. The second-order valence-electron chi connectivity index (χ2n) is 5.94. The lowest BCUT2D eigenvalue weighted by Crippen LogP contribution is -2.70. The van der Waals surface area contributed by atoms with E-state index in [0.29, 0.717) is 32.1 Å². The van der Waals surface area contributed by atoms with Crippen LogP contribution in [0, 0.1) is 5.92 Å². The summed E-state index contributed by atoms with van der Waals surface area (Å²) in [5.41, 5.74) is -0.686. The predicted octanol–water partition coefficient (Wildman–Crippen LogP) is 1.32. The van der Waals surface area contributed by atoms with Crippen LogP contribution in [0.4, 0.5) is 0 Å². The lowest BCUT2D eigenvalue weighted by atomic mass is 9.88. The molecule has 114 valence electrons. The monoisotopic (exact) mass is 282 g/mol. The Morgan fingerprint density at radius 2 is 2.05 bits per heavy atom. The largest absolute Gasteiger partial charge is 0.382 e. The molecule has 0 aromatic rings. The first-order chi connectivity index (χ1) is 9.54. The number of amides is 2. The summed E-state index contributed by atoms with van der Waals surface area (Å²) in [6.07, 6.45) is 3.51. The Hall–Kier alpha value is -1.10. The van der Waals surface area contributed by atoms with Gasteiger partial charge in [0.25, 0.3) is 0 Å². The Labute approximate surface area is 121 Å². The van der Waals surface area contributed by atoms with E-state index < -0.39 is 5.54 Å². The van der Waals surface area contributed by atoms with Crippen molar-refractivity contribution in [2.24, 2.45) is 5.92 Å². The third-order valence-corrected chi connectivity index (χ3v) is 4.44. The van der Waals surface area contributed by atoms with E-state index in [1.54, 1.807) is 4.90 Å². The van der Waals surface area contributed by atoms with Gasteiger partial charge in [-0.2, -0.15) is 0 Å². The van der Waals surface area contributed by atoms with Crippen LogP contribution in [0.15, 0.2) is 0 Å². The highest BCUT2D eigenvalue weighted by Gasteiger charge is 2.54. The van der Waals surface area contributed by atoms with Crippen LogP contribution in [0.3, 0.4) is 0 Å². The maximum absolute atomic E-state index is 12.8. The van der Waals surface area contributed by atoms with Crippen LogP contribution in [0.1, 0.15) is 46.5 Å². The predicted molar refractivity (Wildman–Crippen MR) is 76.2 cm³/mol. The van der Waals surface area contributed by atoms with Crippen LogP contribution in [0.2, 0.25) is 0 Å². The zero-order chi connectivity index (χ0) is 14.8. The molecule has 0 aromatic heterocycles. The van der Waals surface area contributed by atoms with E-state index in [0.717, 1.165) is 19.3 Å². The maximum atomic E-state index is 12.8. The van der Waals surface area contributed by atoms with Gasteiger partial charge in [0.15, 0.2) is 0 Å². The number of ether oxygens (including phenoxy) is 1. The summed E-state index contributed by atoms with van der Waals surface area (Å²) in [7, 11) is 0. The Morgan fingerprint density at radius 3 is 2.60 bits per heavy atom. The minimum absolute atomic E-state index is 0.00194. The van der Waals surface area contributed by atoms with Gasteiger partial charge in [-0.15, -0.1) is 0 Å². The van der Waals surface area contributed by atoms with Crippen LogP contribution in [-0.2, 0) is 14.3 Å². The summed E-state index contributed by atoms with van der Waals surface area (Å²) in [4.78, 5) is 26.8. The summed E-state index contributed by atoms with van der Waals surface area (Å²) in [6, 6.07) is -0.323. The second-order valence-corrected chi connectivity index (χ2v) is 5.94. The van der Waals surface area contributed by atoms with Crippen LogP contribution in [0.5, 0.6) is 0 Å². The molecule has 1 saturated heterocycles. The maximum Gasteiger partial charge on any atom is 0.249 e. The molecular formula is C15H26N2O3. The third kappa shape index (κ3) is 2.82. The first kappa shape index (κ1) is 15.3. The molecule has 1 N–H and O–H groups in total. The number of rotatable bonds is 7. The molecule has 2 unspecified atom stereocenters. The number of piperazine rings is 1. The SMILES string of the molecule is CCOCCCN1C(=O)C(C)(C2CC2)NC(=O)C1CC. The van der Waals surface area contributed by atoms with E-state index >= 15 is 0 Å². The molecule has 1 aliphatic heterocycles. The summed E-state index contributed by atoms with van der Waals surface area (Å²) >= 11 is 0. The zero-order valence-corrected chi connectivity index (χ0v) is 12.8. The van der Waals surface area contributed by atoms with Gasteiger partial charge in [-0.1, -0.05) is 6.92 Å². The number of hydrogen-bond donors (Lipinski definition) is 1. The fourth-order valence-electron chi connectivity index (χ4n) is 3.06. The summed E-state index contributed by atoms with van der Waals surface area (Å²) in [5, 5.41) is 2.98. The molecule has 0 spiro atoms. The molecule has 1 aliphatic carbocycles. The summed E-state index contributed by atoms with van der Waals surface area (Å²) in [5.74, 6) is 0.395. The Kier molecular flexibility index (Phi) is 4.68. The topological polar surface area (TPSA) is 58.6 Å². The van der Waals surface area contributed by atoms with Crippen molar-refractivity contribution in [3.8, 4) is 0 Å². The Bertz CT molecular complexity index is 381. The van der Waals surface area contributed by atoms with E-state index in [1.807, 2.05) is 20.8 Å². The van der Waals surface area contributed by atoms with Gasteiger partial charge in [-0.3, -0.25) is 9.59 Å². The number of carbonyl (C=O) groups is 2. The number of nitrogens with zero attached hydrogens (tertiary/aromatic N) is 1. The van der Waals surface area contributed by atoms with E-state index in [2.05, 4.69) is 5.32 Å². The molecular weight excluding hydrogens is 256 g/mol. The Morgan fingerprint density at radius 1 is 1.35 bits per heavy atom. The second kappa shape index (κ2) is 6.12. The van der Waals surface area contributed by atoms with E-state index in [-0.39, 0.29) is 17.9 Å². The van der Waals surface area contributed by atoms with Gasteiger partial charge in [0.05, 0.1) is 0 Å². The van der Waals surface area contributed by atoms with Crippen LogP contribution < -0.4 is 5.32 Å². The average molecular weight is 282 g/mol. The standard InChI is InChI=1S/C15H26N2O3/c1-4-12-13(18)16-15(3,11-7-8-11)14(19)17(12)9-6-10-20-5-2/h11-12H,4-10H2,1-3H3,(H,16,18). The molecule has 5 heteroatoms. The average Bonchev–Trinajstić information content (AvgIpc) is 3.24. The van der Waals surface area contributed by atoms with Gasteiger partial charge in [-0.05, 0) is 45.4 Å². The molecule has 20 heavy (non-hydrogen) atoms. The minimum atomic E-state index is -0.686. The quantitative estimate of drug-likeness (QED) is 0.716.